The number of benzene rings is 1. The minimum atomic E-state index is -3.47. The third kappa shape index (κ3) is 6.22. The molecule has 146 valence electrons. The highest BCUT2D eigenvalue weighted by molar-refractivity contribution is 7.88. The summed E-state index contributed by atoms with van der Waals surface area (Å²) < 4.78 is 35.6. The molecule has 0 saturated carbocycles. The predicted octanol–water partition coefficient (Wildman–Crippen LogP) is 1.89. The first-order valence-corrected chi connectivity index (χ1v) is 10.0. The molecular weight excluding hydrogens is 370 g/mol. The molecule has 9 heteroatoms. The Kier molecular flexibility index (Phi) is 7.14. The number of rotatable bonds is 9. The molecule has 1 aromatic carbocycles. The van der Waals surface area contributed by atoms with Gasteiger partial charge in [0.15, 0.2) is 0 Å². The van der Waals surface area contributed by atoms with Crippen molar-refractivity contribution in [2.75, 3.05) is 32.3 Å². The van der Waals surface area contributed by atoms with Gasteiger partial charge in [-0.05, 0) is 23.8 Å². The van der Waals surface area contributed by atoms with Gasteiger partial charge in [-0.3, -0.25) is 9.78 Å². The Bertz CT molecular complexity index is 872. The number of aromatic nitrogens is 1. The van der Waals surface area contributed by atoms with E-state index in [2.05, 4.69) is 10.3 Å². The first-order valence-electron chi connectivity index (χ1n) is 8.19. The van der Waals surface area contributed by atoms with E-state index < -0.39 is 10.0 Å². The molecule has 0 bridgehead atoms. The lowest BCUT2D eigenvalue weighted by atomic mass is 10.2. The smallest absolute Gasteiger partial charge is 0.225 e. The van der Waals surface area contributed by atoms with Crippen molar-refractivity contribution in [2.45, 2.75) is 13.0 Å². The molecule has 0 fully saturated rings. The number of methoxy groups -OCH3 is 2. The molecule has 1 N–H and O–H groups in total. The van der Waals surface area contributed by atoms with Gasteiger partial charge in [-0.1, -0.05) is 6.07 Å². The summed E-state index contributed by atoms with van der Waals surface area (Å²) in [5.41, 5.74) is 1.24. The van der Waals surface area contributed by atoms with Crippen molar-refractivity contribution in [2.24, 2.45) is 0 Å². The van der Waals surface area contributed by atoms with Gasteiger partial charge in [0, 0.05) is 38.0 Å². The molecule has 0 atom stereocenters. The number of hydrogen-bond acceptors (Lipinski definition) is 6. The lowest BCUT2D eigenvalue weighted by Crippen LogP contribution is -2.32. The SMILES string of the molecule is COc1ccc(NC(=O)CCN(Cc2cccnc2)S(C)(=O)=O)c(OC)c1. The molecule has 8 nitrogen and oxygen atoms in total. The number of amides is 1. The molecule has 1 amide bonds. The summed E-state index contributed by atoms with van der Waals surface area (Å²) in [6.07, 6.45) is 4.33. The number of carbonyl (C=O) groups is 1. The van der Waals surface area contributed by atoms with Crippen LogP contribution in [-0.4, -0.2) is 50.6 Å². The van der Waals surface area contributed by atoms with Crippen molar-refractivity contribution >= 4 is 21.6 Å². The molecule has 1 aromatic heterocycles. The van der Waals surface area contributed by atoms with Crippen LogP contribution in [0.2, 0.25) is 0 Å². The van der Waals surface area contributed by atoms with E-state index in [-0.39, 0.29) is 25.4 Å². The molecule has 0 unspecified atom stereocenters. The van der Waals surface area contributed by atoms with E-state index in [1.54, 1.807) is 42.7 Å². The van der Waals surface area contributed by atoms with Crippen LogP contribution < -0.4 is 14.8 Å². The molecule has 0 aliphatic carbocycles. The molecule has 2 aromatic rings. The van der Waals surface area contributed by atoms with Crippen LogP contribution in [-0.2, 0) is 21.4 Å². The summed E-state index contributed by atoms with van der Waals surface area (Å²) in [6, 6.07) is 8.54. The normalized spacial score (nSPS) is 11.3. The quantitative estimate of drug-likeness (QED) is 0.699. The monoisotopic (exact) mass is 393 g/mol. The minimum Gasteiger partial charge on any atom is -0.497 e. The third-order valence-corrected chi connectivity index (χ3v) is 5.07. The number of nitrogens with one attached hydrogen (secondary N) is 1. The molecule has 0 spiro atoms. The molecule has 1 heterocycles. The van der Waals surface area contributed by atoms with Crippen LogP contribution in [0.1, 0.15) is 12.0 Å². The standard InChI is InChI=1S/C18H23N3O5S/c1-25-15-6-7-16(17(11-15)26-2)20-18(22)8-10-21(27(3,23)24)13-14-5-4-9-19-12-14/h4-7,9,11-12H,8,10,13H2,1-3H3,(H,20,22). The highest BCUT2D eigenvalue weighted by Gasteiger charge is 2.19. The van der Waals surface area contributed by atoms with E-state index in [1.807, 2.05) is 0 Å². The van der Waals surface area contributed by atoms with Gasteiger partial charge in [0.05, 0.1) is 26.2 Å². The maximum Gasteiger partial charge on any atom is 0.225 e. The zero-order valence-corrected chi connectivity index (χ0v) is 16.3. The van der Waals surface area contributed by atoms with Gasteiger partial charge in [0.25, 0.3) is 0 Å². The van der Waals surface area contributed by atoms with Crippen molar-refractivity contribution in [1.29, 1.82) is 0 Å². The summed E-state index contributed by atoms with van der Waals surface area (Å²) >= 11 is 0. The second-order valence-corrected chi connectivity index (χ2v) is 7.80. The fraction of sp³-hybridized carbons (Fsp3) is 0.333. The Morgan fingerprint density at radius 2 is 2.00 bits per heavy atom. The van der Waals surface area contributed by atoms with Crippen LogP contribution in [0.15, 0.2) is 42.7 Å². The zero-order valence-electron chi connectivity index (χ0n) is 15.5. The third-order valence-electron chi connectivity index (χ3n) is 3.82. The molecule has 27 heavy (non-hydrogen) atoms. The van der Waals surface area contributed by atoms with Gasteiger partial charge in [-0.15, -0.1) is 0 Å². The molecule has 0 aliphatic rings. The van der Waals surface area contributed by atoms with Gasteiger partial charge >= 0.3 is 0 Å². The number of carbonyl (C=O) groups excluding carboxylic acids is 1. The van der Waals surface area contributed by atoms with Crippen LogP contribution >= 0.6 is 0 Å². The first kappa shape index (κ1) is 20.7. The Morgan fingerprint density at radius 3 is 2.59 bits per heavy atom. The van der Waals surface area contributed by atoms with Gasteiger partial charge < -0.3 is 14.8 Å². The van der Waals surface area contributed by atoms with Crippen LogP contribution in [0.3, 0.4) is 0 Å². The lowest BCUT2D eigenvalue weighted by molar-refractivity contribution is -0.116. The number of sulfonamides is 1. The van der Waals surface area contributed by atoms with Crippen LogP contribution in [0.25, 0.3) is 0 Å². The van der Waals surface area contributed by atoms with E-state index in [0.717, 1.165) is 11.8 Å². The van der Waals surface area contributed by atoms with Crippen molar-refractivity contribution in [3.05, 3.63) is 48.3 Å². The Balaban J connectivity index is 2.01. The van der Waals surface area contributed by atoms with E-state index in [4.69, 9.17) is 9.47 Å². The molecule has 0 aliphatic heterocycles. The van der Waals surface area contributed by atoms with Crippen molar-refractivity contribution in [3.8, 4) is 11.5 Å². The van der Waals surface area contributed by atoms with E-state index >= 15 is 0 Å². The Labute approximate surface area is 159 Å². The number of hydrogen-bond donors (Lipinski definition) is 1. The topological polar surface area (TPSA) is 97.8 Å². The summed E-state index contributed by atoms with van der Waals surface area (Å²) in [6.45, 7) is 0.212. The van der Waals surface area contributed by atoms with Gasteiger partial charge in [0.1, 0.15) is 11.5 Å². The van der Waals surface area contributed by atoms with Crippen LogP contribution in [0, 0.1) is 0 Å². The summed E-state index contributed by atoms with van der Waals surface area (Å²) in [5.74, 6) is 0.737. The second-order valence-electron chi connectivity index (χ2n) is 5.82. The van der Waals surface area contributed by atoms with Crippen LogP contribution in [0.5, 0.6) is 11.5 Å². The fourth-order valence-electron chi connectivity index (χ4n) is 2.40. The summed E-state index contributed by atoms with van der Waals surface area (Å²) in [4.78, 5) is 16.3. The fourth-order valence-corrected chi connectivity index (χ4v) is 3.20. The highest BCUT2D eigenvalue weighted by atomic mass is 32.2. The van der Waals surface area contributed by atoms with E-state index in [1.165, 1.54) is 18.5 Å². The average Bonchev–Trinajstić information content (AvgIpc) is 2.65. The van der Waals surface area contributed by atoms with Crippen molar-refractivity contribution in [3.63, 3.8) is 0 Å². The van der Waals surface area contributed by atoms with Gasteiger partial charge in [-0.25, -0.2) is 8.42 Å². The minimum absolute atomic E-state index is 0.00250. The Morgan fingerprint density at radius 1 is 1.22 bits per heavy atom. The molecule has 2 rings (SSSR count). The number of anilines is 1. The van der Waals surface area contributed by atoms with E-state index in [0.29, 0.717) is 17.2 Å². The predicted molar refractivity (Wildman–Crippen MR) is 102 cm³/mol. The van der Waals surface area contributed by atoms with E-state index in [9.17, 15) is 13.2 Å². The molecule has 0 saturated heterocycles. The highest BCUT2D eigenvalue weighted by Crippen LogP contribution is 2.29. The largest absolute Gasteiger partial charge is 0.497 e. The lowest BCUT2D eigenvalue weighted by Gasteiger charge is -2.20. The number of nitrogens with zero attached hydrogens (tertiary/aromatic N) is 2. The second kappa shape index (κ2) is 9.33. The maximum absolute atomic E-state index is 12.3. The first-order chi connectivity index (χ1) is 12.8. The van der Waals surface area contributed by atoms with Crippen molar-refractivity contribution < 1.29 is 22.7 Å². The number of ether oxygens (including phenoxy) is 2. The number of pyridine rings is 1. The van der Waals surface area contributed by atoms with Gasteiger partial charge in [0.2, 0.25) is 15.9 Å². The van der Waals surface area contributed by atoms with Crippen molar-refractivity contribution in [1.82, 2.24) is 9.29 Å². The molecule has 0 radical (unpaired) electrons. The average molecular weight is 393 g/mol. The van der Waals surface area contributed by atoms with Crippen LogP contribution in [0.4, 0.5) is 5.69 Å². The Hall–Kier alpha value is -2.65. The zero-order chi connectivity index (χ0) is 19.9. The summed E-state index contributed by atoms with van der Waals surface area (Å²) in [5, 5.41) is 2.73. The summed E-state index contributed by atoms with van der Waals surface area (Å²) in [7, 11) is -0.443. The van der Waals surface area contributed by atoms with Gasteiger partial charge in [-0.2, -0.15) is 4.31 Å². The maximum atomic E-state index is 12.3. The molecular formula is C18H23N3O5S.